The van der Waals surface area contributed by atoms with Crippen molar-refractivity contribution in [3.63, 3.8) is 0 Å². The molecule has 3 heterocycles. The average Bonchev–Trinajstić information content (AvgIpc) is 2.89. The van der Waals surface area contributed by atoms with Gasteiger partial charge in [0.1, 0.15) is 23.1 Å². The van der Waals surface area contributed by atoms with Crippen LogP contribution in [0.1, 0.15) is 31.7 Å². The maximum atomic E-state index is 6.39. The predicted molar refractivity (Wildman–Crippen MR) is 124 cm³/mol. The van der Waals surface area contributed by atoms with Gasteiger partial charge in [-0.3, -0.25) is 0 Å². The van der Waals surface area contributed by atoms with Crippen molar-refractivity contribution in [1.82, 2.24) is 9.97 Å². The van der Waals surface area contributed by atoms with Gasteiger partial charge in [0.05, 0.1) is 11.3 Å². The number of nitrogen functional groups attached to an aromatic ring is 2. The predicted octanol–water partition coefficient (Wildman–Crippen LogP) is 3.83. The number of anilines is 3. The van der Waals surface area contributed by atoms with Crippen molar-refractivity contribution >= 4 is 29.0 Å². The van der Waals surface area contributed by atoms with Crippen LogP contribution in [0.25, 0.3) is 11.3 Å². The number of benzene rings is 2. The summed E-state index contributed by atoms with van der Waals surface area (Å²) in [5.41, 5.74) is 21.9. The number of para-hydroxylation sites is 2. The minimum absolute atomic E-state index is 0.228. The molecular weight excluding hydrogens is 390 g/mol. The molecule has 6 N–H and O–H groups in total. The molecule has 1 unspecified atom stereocenters. The summed E-state index contributed by atoms with van der Waals surface area (Å²) in [5, 5.41) is 0. The molecule has 0 saturated carbocycles. The summed E-state index contributed by atoms with van der Waals surface area (Å²) in [7, 11) is 0. The van der Waals surface area contributed by atoms with Crippen molar-refractivity contribution in [2.45, 2.75) is 32.2 Å². The van der Waals surface area contributed by atoms with Crippen LogP contribution in [0.4, 0.5) is 23.1 Å². The van der Waals surface area contributed by atoms with E-state index in [1.807, 2.05) is 42.5 Å². The Morgan fingerprint density at radius 2 is 1.84 bits per heavy atom. The fourth-order valence-corrected chi connectivity index (χ4v) is 4.27. The van der Waals surface area contributed by atoms with Crippen molar-refractivity contribution in [3.8, 4) is 22.8 Å². The smallest absolute Gasteiger partial charge is 0.222 e. The Balaban J connectivity index is 1.60. The fraction of sp³-hybridized carbons (Fsp3) is 0.261. The summed E-state index contributed by atoms with van der Waals surface area (Å²) >= 11 is 0. The number of nitrogens with two attached hydrogens (primary N) is 3. The maximum absolute atomic E-state index is 6.39. The molecule has 1 fully saturated rings. The van der Waals surface area contributed by atoms with Crippen LogP contribution in [0.15, 0.2) is 47.5 Å². The van der Waals surface area contributed by atoms with E-state index in [2.05, 4.69) is 26.8 Å². The van der Waals surface area contributed by atoms with E-state index in [-0.39, 0.29) is 5.95 Å². The van der Waals surface area contributed by atoms with E-state index >= 15 is 0 Å². The second kappa shape index (κ2) is 7.46. The topological polar surface area (TPSA) is 129 Å². The lowest BCUT2D eigenvalue weighted by molar-refractivity contribution is 0.481. The first kappa shape index (κ1) is 19.2. The van der Waals surface area contributed by atoms with E-state index in [0.717, 1.165) is 30.8 Å². The zero-order chi connectivity index (χ0) is 21.5. The number of ether oxygens (including phenoxy) is 1. The van der Waals surface area contributed by atoms with Crippen LogP contribution in [-0.2, 0) is 0 Å². The van der Waals surface area contributed by atoms with Gasteiger partial charge in [-0.05, 0) is 50.5 Å². The molecule has 2 aliphatic rings. The minimum atomic E-state index is 0.228. The maximum Gasteiger partial charge on any atom is 0.222 e. The van der Waals surface area contributed by atoms with Gasteiger partial charge in [0.2, 0.25) is 5.95 Å². The van der Waals surface area contributed by atoms with Crippen molar-refractivity contribution in [1.29, 1.82) is 0 Å². The summed E-state index contributed by atoms with van der Waals surface area (Å²) in [6, 6.07) is 13.5. The molecule has 8 heteroatoms. The van der Waals surface area contributed by atoms with E-state index in [9.17, 15) is 0 Å². The van der Waals surface area contributed by atoms with Gasteiger partial charge in [-0.2, -0.15) is 4.98 Å². The quantitative estimate of drug-likeness (QED) is 0.542. The molecule has 0 amide bonds. The molecule has 0 aliphatic carbocycles. The average molecular weight is 416 g/mol. The Bertz CT molecular complexity index is 1190. The number of aromatic nitrogens is 2. The Labute approximate surface area is 180 Å². The van der Waals surface area contributed by atoms with Gasteiger partial charge in [0.15, 0.2) is 5.75 Å². The molecule has 0 spiro atoms. The van der Waals surface area contributed by atoms with Crippen LogP contribution in [0, 0.1) is 0 Å². The van der Waals surface area contributed by atoms with E-state index < -0.39 is 0 Å². The second-order valence-electron chi connectivity index (χ2n) is 8.01. The van der Waals surface area contributed by atoms with E-state index in [1.54, 1.807) is 0 Å². The second-order valence-corrected chi connectivity index (χ2v) is 8.01. The van der Waals surface area contributed by atoms with Crippen molar-refractivity contribution in [2.24, 2.45) is 10.7 Å². The third kappa shape index (κ3) is 3.50. The Morgan fingerprint density at radius 3 is 2.68 bits per heavy atom. The highest BCUT2D eigenvalue weighted by atomic mass is 16.5. The molecular formula is C23H25N7O. The molecule has 2 aliphatic heterocycles. The highest BCUT2D eigenvalue weighted by Gasteiger charge is 2.23. The molecule has 1 saturated heterocycles. The van der Waals surface area contributed by atoms with Crippen molar-refractivity contribution in [2.75, 3.05) is 22.9 Å². The molecule has 0 radical (unpaired) electrons. The van der Waals surface area contributed by atoms with Crippen LogP contribution in [0.2, 0.25) is 0 Å². The Morgan fingerprint density at radius 1 is 1.00 bits per heavy atom. The van der Waals surface area contributed by atoms with Crippen LogP contribution < -0.4 is 26.8 Å². The van der Waals surface area contributed by atoms with Gasteiger partial charge in [0.25, 0.3) is 0 Å². The highest BCUT2D eigenvalue weighted by Crippen LogP contribution is 2.41. The third-order valence-corrected chi connectivity index (χ3v) is 5.84. The van der Waals surface area contributed by atoms with Gasteiger partial charge in [-0.15, -0.1) is 0 Å². The van der Waals surface area contributed by atoms with E-state index in [4.69, 9.17) is 21.9 Å². The normalized spacial score (nSPS) is 17.8. The van der Waals surface area contributed by atoms with Crippen LogP contribution in [0.5, 0.6) is 11.5 Å². The Hall–Kier alpha value is -3.81. The number of piperidine rings is 1. The molecule has 1 atom stereocenters. The zero-order valence-electron chi connectivity index (χ0n) is 17.4. The first-order valence-corrected chi connectivity index (χ1v) is 10.5. The number of hydrogen-bond acceptors (Lipinski definition) is 8. The SMILES string of the molecule is CC1CCCCN1c1cc(-c2cc(N)c3c(c2)Oc2ccccc2N=C3N)nc(N)n1. The monoisotopic (exact) mass is 415 g/mol. The first-order chi connectivity index (χ1) is 15.0. The van der Waals surface area contributed by atoms with Gasteiger partial charge >= 0.3 is 0 Å². The van der Waals surface area contributed by atoms with Gasteiger partial charge in [0, 0.05) is 29.9 Å². The number of aliphatic imine (C=N–C) groups is 1. The number of rotatable bonds is 2. The standard InChI is InChI=1S/C23H25N7O/c1-13-6-4-5-9-30(13)20-12-17(28-23(26)29-20)14-10-15(24)21-19(11-14)31-18-8-3-2-7-16(18)27-22(21)25/h2-3,7-8,10-13H,4-6,9,24H2,1H3,(H2,25,27)(H2,26,28,29). The van der Waals surface area contributed by atoms with Crippen molar-refractivity contribution in [3.05, 3.63) is 48.0 Å². The Kier molecular flexibility index (Phi) is 4.62. The van der Waals surface area contributed by atoms with Crippen LogP contribution in [-0.4, -0.2) is 28.4 Å². The number of nitrogens with zero attached hydrogens (tertiary/aromatic N) is 4. The lowest BCUT2D eigenvalue weighted by Crippen LogP contribution is -2.38. The van der Waals surface area contributed by atoms with Gasteiger partial charge in [-0.1, -0.05) is 12.1 Å². The molecule has 158 valence electrons. The number of hydrogen-bond donors (Lipinski definition) is 3. The first-order valence-electron chi connectivity index (χ1n) is 10.5. The molecule has 2 aromatic carbocycles. The number of fused-ring (bicyclic) bond motifs is 2. The minimum Gasteiger partial charge on any atom is -0.454 e. The molecule has 5 rings (SSSR count). The van der Waals surface area contributed by atoms with Gasteiger partial charge in [-0.25, -0.2) is 9.98 Å². The molecule has 31 heavy (non-hydrogen) atoms. The van der Waals surface area contributed by atoms with Gasteiger partial charge < -0.3 is 26.8 Å². The van der Waals surface area contributed by atoms with Crippen molar-refractivity contribution < 1.29 is 4.74 Å². The molecule has 3 aromatic rings. The van der Waals surface area contributed by atoms with Crippen LogP contribution in [0.3, 0.4) is 0 Å². The summed E-state index contributed by atoms with van der Waals surface area (Å²) < 4.78 is 6.15. The lowest BCUT2D eigenvalue weighted by atomic mass is 10.0. The largest absolute Gasteiger partial charge is 0.454 e. The van der Waals surface area contributed by atoms with E-state index in [1.165, 1.54) is 6.42 Å². The van der Waals surface area contributed by atoms with Crippen LogP contribution >= 0.6 is 0 Å². The third-order valence-electron chi connectivity index (χ3n) is 5.84. The lowest BCUT2D eigenvalue weighted by Gasteiger charge is -2.34. The number of amidine groups is 1. The zero-order valence-corrected chi connectivity index (χ0v) is 17.4. The molecule has 1 aromatic heterocycles. The molecule has 8 nitrogen and oxygen atoms in total. The highest BCUT2D eigenvalue weighted by molar-refractivity contribution is 6.07. The molecule has 0 bridgehead atoms. The fourth-order valence-electron chi connectivity index (χ4n) is 4.27. The summed E-state index contributed by atoms with van der Waals surface area (Å²) in [5.74, 6) is 2.52. The summed E-state index contributed by atoms with van der Waals surface area (Å²) in [6.07, 6.45) is 3.51. The van der Waals surface area contributed by atoms with E-state index in [0.29, 0.717) is 46.0 Å². The summed E-state index contributed by atoms with van der Waals surface area (Å²) in [4.78, 5) is 15.7. The summed E-state index contributed by atoms with van der Waals surface area (Å²) in [6.45, 7) is 3.17.